The van der Waals surface area contributed by atoms with Gasteiger partial charge in [-0.1, -0.05) is 6.92 Å². The number of Topliss-reactive ketones (excluding diaryl/α,β-unsaturated/α-hetero) is 1. The van der Waals surface area contributed by atoms with Gasteiger partial charge in [-0.05, 0) is 34.1 Å². The molecule has 1 fully saturated rings. The van der Waals surface area contributed by atoms with Gasteiger partial charge in [-0.3, -0.25) is 4.79 Å². The van der Waals surface area contributed by atoms with Gasteiger partial charge in [-0.25, -0.2) is 0 Å². The molecule has 1 saturated heterocycles. The van der Waals surface area contributed by atoms with Crippen LogP contribution in [0.1, 0.15) is 41.0 Å². The zero-order valence-corrected chi connectivity index (χ0v) is 10.4. The van der Waals surface area contributed by atoms with Crippen LogP contribution in [0.15, 0.2) is 0 Å². The highest BCUT2D eigenvalue weighted by Crippen LogP contribution is 2.39. The summed E-state index contributed by atoms with van der Waals surface area (Å²) in [5, 5.41) is 0. The smallest absolute Gasteiger partial charge is 0.153 e. The Hall–Kier alpha value is -0.0600. The van der Waals surface area contributed by atoms with E-state index in [4.69, 9.17) is 0 Å². The van der Waals surface area contributed by atoms with E-state index in [1.165, 1.54) is 0 Å². The monoisotopic (exact) mass is 217 g/mol. The van der Waals surface area contributed by atoms with Crippen LogP contribution in [0, 0.1) is 0 Å². The zero-order valence-electron chi connectivity index (χ0n) is 9.53. The van der Waals surface area contributed by atoms with Gasteiger partial charge in [0.05, 0.1) is 6.04 Å². The SMILES string of the molecule is CC[C@H]1[C@@H](C(C)=O)N1[S@@+]([O-])C(C)(C)C. The van der Waals surface area contributed by atoms with Crippen LogP contribution in [-0.2, 0) is 16.2 Å². The van der Waals surface area contributed by atoms with Crippen LogP contribution >= 0.6 is 0 Å². The third-order valence-electron chi connectivity index (χ3n) is 2.43. The Labute approximate surface area is 89.2 Å². The van der Waals surface area contributed by atoms with E-state index in [1.807, 2.05) is 32.0 Å². The van der Waals surface area contributed by atoms with Crippen molar-refractivity contribution in [1.82, 2.24) is 4.31 Å². The van der Waals surface area contributed by atoms with Crippen LogP contribution in [0.4, 0.5) is 0 Å². The van der Waals surface area contributed by atoms with E-state index < -0.39 is 11.4 Å². The van der Waals surface area contributed by atoms with Gasteiger partial charge in [0, 0.05) is 11.4 Å². The molecule has 0 amide bonds. The molecule has 1 aliphatic rings. The lowest BCUT2D eigenvalue weighted by atomic mass is 10.2. The topological polar surface area (TPSA) is 43.1 Å². The van der Waals surface area contributed by atoms with Crippen LogP contribution < -0.4 is 0 Å². The Morgan fingerprint density at radius 1 is 1.50 bits per heavy atom. The summed E-state index contributed by atoms with van der Waals surface area (Å²) >= 11 is -1.05. The predicted molar refractivity (Wildman–Crippen MR) is 58.3 cm³/mol. The van der Waals surface area contributed by atoms with Crippen LogP contribution in [0.3, 0.4) is 0 Å². The molecule has 0 aromatic carbocycles. The van der Waals surface area contributed by atoms with Crippen molar-refractivity contribution >= 4 is 17.1 Å². The van der Waals surface area contributed by atoms with Crippen LogP contribution in [-0.4, -0.2) is 31.5 Å². The maximum absolute atomic E-state index is 12.0. The third-order valence-corrected chi connectivity index (χ3v) is 4.35. The molecule has 0 aromatic heterocycles. The Kier molecular flexibility index (Phi) is 3.29. The van der Waals surface area contributed by atoms with E-state index >= 15 is 0 Å². The lowest BCUT2D eigenvalue weighted by Crippen LogP contribution is -2.35. The third kappa shape index (κ3) is 2.12. The second kappa shape index (κ2) is 3.83. The average molecular weight is 217 g/mol. The van der Waals surface area contributed by atoms with Gasteiger partial charge >= 0.3 is 0 Å². The molecule has 0 aromatic rings. The minimum Gasteiger partial charge on any atom is -0.597 e. The summed E-state index contributed by atoms with van der Waals surface area (Å²) in [7, 11) is 0. The van der Waals surface area contributed by atoms with Crippen molar-refractivity contribution in [1.29, 1.82) is 0 Å². The Morgan fingerprint density at radius 3 is 2.21 bits per heavy atom. The number of ketones is 1. The number of hydrogen-bond acceptors (Lipinski definition) is 3. The molecule has 0 spiro atoms. The first-order valence-electron chi connectivity index (χ1n) is 5.01. The molecule has 1 rings (SSSR count). The van der Waals surface area contributed by atoms with Crippen LogP contribution in [0.2, 0.25) is 0 Å². The lowest BCUT2D eigenvalue weighted by Gasteiger charge is -2.24. The van der Waals surface area contributed by atoms with Gasteiger partial charge in [-0.2, -0.15) is 0 Å². The molecule has 1 unspecified atom stereocenters. The van der Waals surface area contributed by atoms with Crippen LogP contribution in [0.25, 0.3) is 0 Å². The maximum atomic E-state index is 12.0. The van der Waals surface area contributed by atoms with Crippen molar-refractivity contribution in [2.24, 2.45) is 0 Å². The standard InChI is InChI=1S/C10H19NO2S/c1-6-8-9(7(2)12)11(8)14(13)10(3,4)5/h8-9H,6H2,1-5H3/t8-,9+,11?,14-/m0/s1. The van der Waals surface area contributed by atoms with E-state index in [1.54, 1.807) is 6.92 Å². The van der Waals surface area contributed by atoms with Gasteiger partial charge < -0.3 is 4.55 Å². The molecule has 0 N–H and O–H groups in total. The maximum Gasteiger partial charge on any atom is 0.153 e. The largest absolute Gasteiger partial charge is 0.597 e. The highest BCUT2D eigenvalue weighted by Gasteiger charge is 2.60. The quantitative estimate of drug-likeness (QED) is 0.531. The molecule has 1 aliphatic heterocycles. The van der Waals surface area contributed by atoms with E-state index in [9.17, 15) is 9.35 Å². The summed E-state index contributed by atoms with van der Waals surface area (Å²) in [5.74, 6) is 0.134. The number of nitrogens with zero attached hydrogens (tertiary/aromatic N) is 1. The number of hydrogen-bond donors (Lipinski definition) is 0. The predicted octanol–water partition coefficient (Wildman–Crippen LogP) is 1.50. The van der Waals surface area contributed by atoms with Crippen molar-refractivity contribution < 1.29 is 9.35 Å². The minimum absolute atomic E-state index is 0.0972. The lowest BCUT2D eigenvalue weighted by molar-refractivity contribution is -0.117. The molecule has 0 bridgehead atoms. The van der Waals surface area contributed by atoms with Crippen molar-refractivity contribution in [3.8, 4) is 0 Å². The average Bonchev–Trinajstić information content (AvgIpc) is 2.74. The molecular formula is C10H19NO2S. The summed E-state index contributed by atoms with van der Waals surface area (Å²) in [4.78, 5) is 11.2. The molecule has 4 atom stereocenters. The molecule has 4 heteroatoms. The molecule has 3 nitrogen and oxygen atoms in total. The molecule has 82 valence electrons. The zero-order chi connectivity index (χ0) is 11.1. The number of carbonyl (C=O) groups is 1. The Bertz CT molecular complexity index is 237. The fourth-order valence-corrected chi connectivity index (χ4v) is 3.24. The van der Waals surface area contributed by atoms with Crippen molar-refractivity contribution in [2.45, 2.75) is 57.9 Å². The fourth-order valence-electron chi connectivity index (χ4n) is 1.65. The molecular weight excluding hydrogens is 198 g/mol. The van der Waals surface area contributed by atoms with Crippen LogP contribution in [0.5, 0.6) is 0 Å². The molecule has 0 radical (unpaired) electrons. The first-order chi connectivity index (χ1) is 6.30. The first kappa shape index (κ1) is 12.0. The minimum atomic E-state index is -1.05. The molecule has 1 heterocycles. The van der Waals surface area contributed by atoms with Gasteiger partial charge in [0.15, 0.2) is 5.78 Å². The summed E-state index contributed by atoms with van der Waals surface area (Å²) in [6, 6.07) is 0.104. The van der Waals surface area contributed by atoms with Crippen molar-refractivity contribution in [2.75, 3.05) is 0 Å². The van der Waals surface area contributed by atoms with E-state index in [0.29, 0.717) is 0 Å². The van der Waals surface area contributed by atoms with Gasteiger partial charge in [0.25, 0.3) is 0 Å². The number of carbonyl (C=O) groups excluding carboxylic acids is 1. The Morgan fingerprint density at radius 2 is 2.00 bits per heavy atom. The summed E-state index contributed by atoms with van der Waals surface area (Å²) in [6.45, 7) is 9.41. The first-order valence-corrected chi connectivity index (χ1v) is 6.12. The molecule has 0 aliphatic carbocycles. The van der Waals surface area contributed by atoms with E-state index in [0.717, 1.165) is 6.42 Å². The molecule has 14 heavy (non-hydrogen) atoms. The van der Waals surface area contributed by atoms with Crippen molar-refractivity contribution in [3.63, 3.8) is 0 Å². The summed E-state index contributed by atoms with van der Waals surface area (Å²) in [5.41, 5.74) is 0. The number of rotatable bonds is 3. The Balaban J connectivity index is 2.68. The van der Waals surface area contributed by atoms with Gasteiger partial charge in [0.1, 0.15) is 10.8 Å². The fraction of sp³-hybridized carbons (Fsp3) is 0.900. The normalized spacial score (nSPS) is 34.0. The highest BCUT2D eigenvalue weighted by atomic mass is 32.2. The second-order valence-electron chi connectivity index (χ2n) is 4.75. The summed E-state index contributed by atoms with van der Waals surface area (Å²) in [6.07, 6.45) is 0.895. The van der Waals surface area contributed by atoms with Gasteiger partial charge in [-0.15, -0.1) is 4.31 Å². The van der Waals surface area contributed by atoms with Gasteiger partial charge in [0.2, 0.25) is 0 Å². The summed E-state index contributed by atoms with van der Waals surface area (Å²) < 4.78 is 13.6. The van der Waals surface area contributed by atoms with E-state index in [-0.39, 0.29) is 22.6 Å². The highest BCUT2D eigenvalue weighted by molar-refractivity contribution is 7.90. The second-order valence-corrected chi connectivity index (χ2v) is 6.90. The van der Waals surface area contributed by atoms with E-state index in [2.05, 4.69) is 0 Å². The van der Waals surface area contributed by atoms with Crippen molar-refractivity contribution in [3.05, 3.63) is 0 Å². The molecule has 0 saturated carbocycles.